The van der Waals surface area contributed by atoms with Gasteiger partial charge < -0.3 is 22.6 Å². The van der Waals surface area contributed by atoms with Crippen LogP contribution in [-0.2, 0) is 18.6 Å². The number of hydrogen-bond donors (Lipinski definition) is 0. The average Bonchev–Trinajstić information content (AvgIpc) is 2.67. The minimum atomic E-state index is 0. The molecule has 88 valence electrons. The largest absolute Gasteiger partial charge is 4.00 e. The fourth-order valence-electron chi connectivity index (χ4n) is 0.340. The predicted molar refractivity (Wildman–Crippen MR) is 56.8 cm³/mol. The molecule has 0 amide bonds. The van der Waals surface area contributed by atoms with Crippen LogP contribution in [0, 0.1) is 6.08 Å². The Morgan fingerprint density at radius 3 is 1.47 bits per heavy atom. The van der Waals surface area contributed by atoms with Crippen molar-refractivity contribution >= 4 is 8.80 Å². The number of allylic oxidation sites excluding steroid dienone is 4. The SMILES string of the molecule is C[O-].C[O-].C[Si](C)C.[C-]1=CC=CC1.[Cl-].[V+4]. The third-order valence-electron chi connectivity index (χ3n) is 0.586. The van der Waals surface area contributed by atoms with E-state index in [0.29, 0.717) is 0 Å². The van der Waals surface area contributed by atoms with Gasteiger partial charge in [0.2, 0.25) is 0 Å². The van der Waals surface area contributed by atoms with Crippen LogP contribution >= 0.6 is 0 Å². The van der Waals surface area contributed by atoms with Crippen LogP contribution in [0.15, 0.2) is 18.2 Å². The van der Waals surface area contributed by atoms with Gasteiger partial charge in [-0.1, -0.05) is 19.6 Å². The van der Waals surface area contributed by atoms with Gasteiger partial charge in [0.25, 0.3) is 0 Å². The summed E-state index contributed by atoms with van der Waals surface area (Å²) < 4.78 is 0. The Morgan fingerprint density at radius 2 is 1.40 bits per heavy atom. The molecule has 0 fully saturated rings. The molecule has 0 bridgehead atoms. The van der Waals surface area contributed by atoms with Gasteiger partial charge in [0.05, 0.1) is 0 Å². The Hall–Kier alpha value is 0.491. The van der Waals surface area contributed by atoms with Crippen molar-refractivity contribution < 1.29 is 41.2 Å². The van der Waals surface area contributed by atoms with Crippen LogP contribution in [0.1, 0.15) is 6.42 Å². The van der Waals surface area contributed by atoms with Crippen molar-refractivity contribution in [3.05, 3.63) is 24.3 Å². The van der Waals surface area contributed by atoms with Crippen molar-refractivity contribution in [1.82, 2.24) is 0 Å². The zero-order valence-electron chi connectivity index (χ0n) is 10.1. The molecule has 2 radical (unpaired) electrons. The van der Waals surface area contributed by atoms with E-state index in [1.54, 1.807) is 0 Å². The Bertz CT molecular complexity index is 107. The number of rotatable bonds is 0. The van der Waals surface area contributed by atoms with E-state index >= 15 is 0 Å². The molecular formula is C10H20ClO2SiV. The molecule has 0 saturated carbocycles. The standard InChI is InChI=1S/C5H5.C3H9Si.2CH3O.ClH.V/c1-2-4-5-3-1;1-4(2)3;2*1-2;;/h1-3H,4H2;1-3H3;2*1H3;1H;/q-1;;2*-1;;+4/p-1. The van der Waals surface area contributed by atoms with Gasteiger partial charge in [-0.25, -0.2) is 12.2 Å². The quantitative estimate of drug-likeness (QED) is 0.369. The summed E-state index contributed by atoms with van der Waals surface area (Å²) >= 11 is 0. The van der Waals surface area contributed by atoms with Crippen LogP contribution < -0.4 is 22.6 Å². The molecule has 1 aliphatic carbocycles. The first-order valence-corrected chi connectivity index (χ1v) is 7.03. The molecule has 0 aromatic carbocycles. The number of hydrogen-bond acceptors (Lipinski definition) is 2. The van der Waals surface area contributed by atoms with Crippen LogP contribution in [-0.4, -0.2) is 23.0 Å². The molecule has 1 aliphatic rings. The molecule has 0 spiro atoms. The molecule has 0 aromatic rings. The minimum Gasteiger partial charge on any atom is -1.00 e. The molecule has 0 aliphatic heterocycles. The van der Waals surface area contributed by atoms with Crippen molar-refractivity contribution in [2.75, 3.05) is 14.2 Å². The van der Waals surface area contributed by atoms with Crippen molar-refractivity contribution in [3.63, 3.8) is 0 Å². The maximum Gasteiger partial charge on any atom is 4.00 e. The smallest absolute Gasteiger partial charge is 1.00 e. The number of halogens is 1. The minimum absolute atomic E-state index is 0. The first-order chi connectivity index (χ1) is 6.23. The van der Waals surface area contributed by atoms with Gasteiger partial charge in [0, 0.05) is 8.80 Å². The maximum absolute atomic E-state index is 8.25. The van der Waals surface area contributed by atoms with Crippen LogP contribution in [0.4, 0.5) is 0 Å². The first-order valence-electron chi connectivity index (χ1n) is 4.03. The second-order valence-electron chi connectivity index (χ2n) is 2.50. The van der Waals surface area contributed by atoms with Crippen molar-refractivity contribution in [2.45, 2.75) is 26.1 Å². The van der Waals surface area contributed by atoms with E-state index < -0.39 is 0 Å². The Kier molecular flexibility index (Phi) is 72.1. The molecule has 0 atom stereocenters. The zero-order chi connectivity index (χ0) is 11.1. The van der Waals surface area contributed by atoms with Gasteiger partial charge in [-0.15, -0.1) is 6.42 Å². The molecule has 15 heavy (non-hydrogen) atoms. The van der Waals surface area contributed by atoms with Crippen LogP contribution in [0.25, 0.3) is 0 Å². The third-order valence-corrected chi connectivity index (χ3v) is 0.586. The van der Waals surface area contributed by atoms with Gasteiger partial charge in [-0.05, 0) is 0 Å². The molecule has 0 N–H and O–H groups in total. The molecule has 2 nitrogen and oxygen atoms in total. The molecular weight excluding hydrogens is 267 g/mol. The third kappa shape index (κ3) is 75.0. The summed E-state index contributed by atoms with van der Waals surface area (Å²) in [4.78, 5) is 0. The monoisotopic (exact) mass is 286 g/mol. The summed E-state index contributed by atoms with van der Waals surface area (Å²) in [7, 11) is 1.62. The van der Waals surface area contributed by atoms with E-state index in [4.69, 9.17) is 10.2 Å². The predicted octanol–water partition coefficient (Wildman–Crippen LogP) is -2.37. The van der Waals surface area contributed by atoms with Crippen molar-refractivity contribution in [1.29, 1.82) is 0 Å². The van der Waals surface area contributed by atoms with E-state index in [1.165, 1.54) is 0 Å². The molecule has 0 unspecified atom stereocenters. The topological polar surface area (TPSA) is 46.1 Å². The summed E-state index contributed by atoms with van der Waals surface area (Å²) in [6, 6.07) is 0. The second-order valence-corrected chi connectivity index (χ2v) is 5.50. The molecule has 1 rings (SSSR count). The summed E-state index contributed by atoms with van der Waals surface area (Å²) in [6.07, 6.45) is 10.0. The van der Waals surface area contributed by atoms with Crippen LogP contribution in [0.2, 0.25) is 19.6 Å². The van der Waals surface area contributed by atoms with E-state index in [-0.39, 0.29) is 39.8 Å². The maximum atomic E-state index is 8.25. The van der Waals surface area contributed by atoms with E-state index in [9.17, 15) is 0 Å². The van der Waals surface area contributed by atoms with Crippen molar-refractivity contribution in [3.8, 4) is 0 Å². The average molecular weight is 287 g/mol. The van der Waals surface area contributed by atoms with Gasteiger partial charge in [0.15, 0.2) is 0 Å². The van der Waals surface area contributed by atoms with Crippen LogP contribution in [0.5, 0.6) is 0 Å². The normalized spacial score (nSPS) is 9.07. The van der Waals surface area contributed by atoms with Gasteiger partial charge >= 0.3 is 18.6 Å². The van der Waals surface area contributed by atoms with E-state index in [2.05, 4.69) is 31.8 Å². The molecule has 0 saturated heterocycles. The Morgan fingerprint density at radius 1 is 1.07 bits per heavy atom. The summed E-state index contributed by atoms with van der Waals surface area (Å²) in [5.41, 5.74) is 0. The second kappa shape index (κ2) is 36.6. The van der Waals surface area contributed by atoms with E-state index in [1.807, 2.05) is 12.2 Å². The summed E-state index contributed by atoms with van der Waals surface area (Å²) in [6.45, 7) is 6.81. The first kappa shape index (κ1) is 29.6. The Balaban J connectivity index is -0.0000000309. The molecule has 0 aromatic heterocycles. The molecule has 5 heteroatoms. The van der Waals surface area contributed by atoms with E-state index in [0.717, 1.165) is 20.6 Å². The zero-order valence-corrected chi connectivity index (χ0v) is 13.2. The Labute approximate surface area is 114 Å². The summed E-state index contributed by atoms with van der Waals surface area (Å²) in [5.74, 6) is 0. The molecule has 0 heterocycles. The fourth-order valence-corrected chi connectivity index (χ4v) is 0.340. The van der Waals surface area contributed by atoms with Gasteiger partial charge in [-0.2, -0.15) is 20.3 Å². The fraction of sp³-hybridized carbons (Fsp3) is 0.600. The van der Waals surface area contributed by atoms with Gasteiger partial charge in [-0.3, -0.25) is 6.08 Å². The van der Waals surface area contributed by atoms with Crippen molar-refractivity contribution in [2.24, 2.45) is 0 Å². The summed E-state index contributed by atoms with van der Waals surface area (Å²) in [5, 5.41) is 16.5. The van der Waals surface area contributed by atoms with Crippen LogP contribution in [0.3, 0.4) is 0 Å². The van der Waals surface area contributed by atoms with Gasteiger partial charge in [0.1, 0.15) is 0 Å².